The van der Waals surface area contributed by atoms with E-state index in [1.165, 1.54) is 12.8 Å². The summed E-state index contributed by atoms with van der Waals surface area (Å²) in [5.41, 5.74) is 0. The van der Waals surface area contributed by atoms with Crippen LogP contribution < -0.4 is 0 Å². The molecule has 25 heavy (non-hydrogen) atoms. The Bertz CT molecular complexity index is 457. The lowest BCUT2D eigenvalue weighted by molar-refractivity contribution is -0.137. The van der Waals surface area contributed by atoms with Crippen molar-refractivity contribution in [2.24, 2.45) is 17.8 Å². The predicted molar refractivity (Wildman–Crippen MR) is 99.4 cm³/mol. The van der Waals surface area contributed by atoms with E-state index < -0.39 is 5.97 Å². The highest BCUT2D eigenvalue weighted by Gasteiger charge is 2.46. The third kappa shape index (κ3) is 6.59. The van der Waals surface area contributed by atoms with Crippen LogP contribution >= 0.6 is 0 Å². The van der Waals surface area contributed by atoms with Gasteiger partial charge in [0.15, 0.2) is 0 Å². The lowest BCUT2D eigenvalue weighted by Gasteiger charge is -2.28. The molecule has 0 unspecified atom stereocenters. The molecule has 2 bridgehead atoms. The second-order valence-electron chi connectivity index (χ2n) is 7.55. The van der Waals surface area contributed by atoms with Gasteiger partial charge in [-0.1, -0.05) is 50.5 Å². The number of hydrogen-bond acceptors (Lipinski definition) is 3. The van der Waals surface area contributed by atoms with Crippen molar-refractivity contribution in [1.82, 2.24) is 0 Å². The first-order chi connectivity index (χ1) is 12.1. The fourth-order valence-corrected chi connectivity index (χ4v) is 4.15. The highest BCUT2D eigenvalue weighted by molar-refractivity contribution is 5.66. The molecular formula is C21H34O4. The van der Waals surface area contributed by atoms with Crippen molar-refractivity contribution in [3.8, 4) is 0 Å². The topological polar surface area (TPSA) is 66.8 Å². The molecule has 1 saturated carbocycles. The molecule has 4 heteroatoms. The van der Waals surface area contributed by atoms with Gasteiger partial charge in [0.25, 0.3) is 0 Å². The molecule has 2 N–H and O–H groups in total. The Morgan fingerprint density at radius 3 is 2.88 bits per heavy atom. The summed E-state index contributed by atoms with van der Waals surface area (Å²) in [6.07, 6.45) is 16.8. The first kappa shape index (κ1) is 20.2. The van der Waals surface area contributed by atoms with Crippen molar-refractivity contribution in [2.75, 3.05) is 6.61 Å². The summed E-state index contributed by atoms with van der Waals surface area (Å²) in [5, 5.41) is 18.8. The van der Waals surface area contributed by atoms with Crippen molar-refractivity contribution in [3.63, 3.8) is 0 Å². The van der Waals surface area contributed by atoms with Crippen molar-refractivity contribution in [2.45, 2.75) is 76.9 Å². The summed E-state index contributed by atoms with van der Waals surface area (Å²) in [6.45, 7) is 3.03. The number of unbranched alkanes of at least 4 members (excludes halogenated alkanes) is 3. The standard InChI is InChI=1S/C21H34O4/c1-2-3-6-9-17(22)12-13-18-16-14-20(25-15-16)19(18)10-7-4-5-8-11-21(23)24/h4,7,12-13,16-20,22H,2-3,5-6,8-11,14-15H2,1H3,(H,23,24)/b7-4+,13-12+/t16-,17-,18-,19+,20+/m0/s1. The Labute approximate surface area is 152 Å². The minimum absolute atomic E-state index is 0.239. The van der Waals surface area contributed by atoms with E-state index in [2.05, 4.69) is 25.2 Å². The van der Waals surface area contributed by atoms with E-state index in [9.17, 15) is 9.90 Å². The number of rotatable bonds is 12. The fraction of sp³-hybridized carbons (Fsp3) is 0.762. The van der Waals surface area contributed by atoms with Gasteiger partial charge in [0, 0.05) is 6.42 Å². The summed E-state index contributed by atoms with van der Waals surface area (Å²) in [4.78, 5) is 10.5. The van der Waals surface area contributed by atoms with Gasteiger partial charge in [0.2, 0.25) is 0 Å². The maximum Gasteiger partial charge on any atom is 0.303 e. The third-order valence-electron chi connectivity index (χ3n) is 5.57. The molecule has 1 aliphatic carbocycles. The number of carboxylic acids is 1. The quantitative estimate of drug-likeness (QED) is 0.406. The molecule has 1 aliphatic heterocycles. The van der Waals surface area contributed by atoms with E-state index in [0.29, 0.717) is 30.3 Å². The zero-order valence-corrected chi connectivity index (χ0v) is 15.5. The van der Waals surface area contributed by atoms with Crippen LogP contribution in [0.1, 0.15) is 64.7 Å². The molecule has 4 nitrogen and oxygen atoms in total. The highest BCUT2D eigenvalue weighted by atomic mass is 16.5. The maximum absolute atomic E-state index is 10.5. The molecule has 2 aliphatic rings. The van der Waals surface area contributed by atoms with Gasteiger partial charge in [-0.05, 0) is 49.9 Å². The molecule has 142 valence electrons. The minimum Gasteiger partial charge on any atom is -0.481 e. The van der Waals surface area contributed by atoms with Crippen molar-refractivity contribution in [1.29, 1.82) is 0 Å². The number of fused-ring (bicyclic) bond motifs is 2. The lowest BCUT2D eigenvalue weighted by Crippen LogP contribution is -2.27. The average molecular weight is 350 g/mol. The van der Waals surface area contributed by atoms with Gasteiger partial charge in [-0.3, -0.25) is 4.79 Å². The Morgan fingerprint density at radius 1 is 1.28 bits per heavy atom. The summed E-state index contributed by atoms with van der Waals surface area (Å²) in [7, 11) is 0. The predicted octanol–water partition coefficient (Wildman–Crippen LogP) is 4.34. The maximum atomic E-state index is 10.5. The first-order valence-electron chi connectivity index (χ1n) is 9.96. The highest BCUT2D eigenvalue weighted by Crippen LogP contribution is 2.47. The van der Waals surface area contributed by atoms with Crippen LogP contribution in [0.5, 0.6) is 0 Å². The zero-order valence-electron chi connectivity index (χ0n) is 15.5. The van der Waals surface area contributed by atoms with Crippen LogP contribution in [0.25, 0.3) is 0 Å². The van der Waals surface area contributed by atoms with Gasteiger partial charge in [0.05, 0.1) is 18.8 Å². The number of carboxylic acid groups (broad SMARTS) is 1. The van der Waals surface area contributed by atoms with Crippen molar-refractivity contribution in [3.05, 3.63) is 24.3 Å². The molecule has 2 fully saturated rings. The number of hydrogen-bond donors (Lipinski definition) is 2. The monoisotopic (exact) mass is 350 g/mol. The van der Waals surface area contributed by atoms with E-state index in [-0.39, 0.29) is 12.5 Å². The Balaban J connectivity index is 1.78. The molecule has 0 radical (unpaired) electrons. The lowest BCUT2D eigenvalue weighted by atomic mass is 9.85. The molecule has 0 amide bonds. The summed E-state index contributed by atoms with van der Waals surface area (Å²) in [6, 6.07) is 0. The van der Waals surface area contributed by atoms with Crippen LogP contribution in [0, 0.1) is 17.8 Å². The third-order valence-corrected chi connectivity index (χ3v) is 5.57. The minimum atomic E-state index is -0.724. The number of allylic oxidation sites excluding steroid dienone is 3. The molecule has 1 saturated heterocycles. The molecular weight excluding hydrogens is 316 g/mol. The van der Waals surface area contributed by atoms with Crippen molar-refractivity contribution < 1.29 is 19.7 Å². The molecule has 5 atom stereocenters. The van der Waals surface area contributed by atoms with Gasteiger partial charge in [-0.25, -0.2) is 0 Å². The number of aliphatic hydroxyl groups excluding tert-OH is 1. The van der Waals surface area contributed by atoms with E-state index >= 15 is 0 Å². The molecule has 0 aromatic heterocycles. The average Bonchev–Trinajstić information content (AvgIpc) is 3.17. The Morgan fingerprint density at radius 2 is 2.12 bits per heavy atom. The second kappa shape index (κ2) is 10.8. The normalized spacial score (nSPS) is 29.8. The van der Waals surface area contributed by atoms with Crippen LogP contribution in [-0.2, 0) is 9.53 Å². The van der Waals surface area contributed by atoms with Crippen LogP contribution in [0.15, 0.2) is 24.3 Å². The van der Waals surface area contributed by atoms with Gasteiger partial charge in [-0.2, -0.15) is 0 Å². The molecule has 1 heterocycles. The van der Waals surface area contributed by atoms with E-state index in [4.69, 9.17) is 9.84 Å². The molecule has 0 aromatic carbocycles. The summed E-state index contributed by atoms with van der Waals surface area (Å²) >= 11 is 0. The number of aliphatic carboxylic acids is 1. The van der Waals surface area contributed by atoms with Crippen molar-refractivity contribution >= 4 is 5.97 Å². The van der Waals surface area contributed by atoms with Gasteiger partial charge in [-0.15, -0.1) is 0 Å². The first-order valence-corrected chi connectivity index (χ1v) is 9.96. The molecule has 0 spiro atoms. The van der Waals surface area contributed by atoms with Gasteiger partial charge < -0.3 is 14.9 Å². The smallest absolute Gasteiger partial charge is 0.303 e. The van der Waals surface area contributed by atoms with Crippen LogP contribution in [0.3, 0.4) is 0 Å². The van der Waals surface area contributed by atoms with Gasteiger partial charge in [0.1, 0.15) is 0 Å². The second-order valence-corrected chi connectivity index (χ2v) is 7.55. The van der Waals surface area contributed by atoms with E-state index in [0.717, 1.165) is 38.7 Å². The number of ether oxygens (including phenoxy) is 1. The number of carbonyl (C=O) groups is 1. The van der Waals surface area contributed by atoms with E-state index in [1.807, 2.05) is 6.08 Å². The van der Waals surface area contributed by atoms with Gasteiger partial charge >= 0.3 is 5.97 Å². The number of aliphatic hydroxyl groups is 1. The molecule has 2 rings (SSSR count). The summed E-state index contributed by atoms with van der Waals surface area (Å²) in [5.74, 6) is 0.865. The van der Waals surface area contributed by atoms with Crippen LogP contribution in [0.4, 0.5) is 0 Å². The van der Waals surface area contributed by atoms with Crippen LogP contribution in [-0.4, -0.2) is 35.0 Å². The Kier molecular flexibility index (Phi) is 8.70. The Hall–Kier alpha value is -1.13. The molecule has 0 aromatic rings. The fourth-order valence-electron chi connectivity index (χ4n) is 4.15. The summed E-state index contributed by atoms with van der Waals surface area (Å²) < 4.78 is 5.88. The largest absolute Gasteiger partial charge is 0.481 e. The SMILES string of the molecule is CCCCC[C@H](O)/C=C/[C@H]1[C@@H]2CO[C@H](C2)[C@@H]1C/C=C/CCCC(=O)O. The zero-order chi connectivity index (χ0) is 18.1. The van der Waals surface area contributed by atoms with Crippen LogP contribution in [0.2, 0.25) is 0 Å². The van der Waals surface area contributed by atoms with E-state index in [1.54, 1.807) is 0 Å².